The SMILES string of the molecule is COC(=O)c1ncc([B-](F)(F)F)cc1F.[K+]. The van der Waals surface area contributed by atoms with E-state index in [0.29, 0.717) is 6.20 Å². The summed E-state index contributed by atoms with van der Waals surface area (Å²) in [5.74, 6) is -2.47. The molecule has 1 aromatic heterocycles. The van der Waals surface area contributed by atoms with Crippen molar-refractivity contribution in [1.29, 1.82) is 0 Å². The first-order chi connectivity index (χ1) is 6.86. The van der Waals surface area contributed by atoms with E-state index in [4.69, 9.17) is 0 Å². The van der Waals surface area contributed by atoms with E-state index in [2.05, 4.69) is 9.72 Å². The van der Waals surface area contributed by atoms with Gasteiger partial charge in [-0.1, -0.05) is 5.46 Å². The number of ether oxygens (including phenoxy) is 1. The molecule has 0 N–H and O–H groups in total. The Morgan fingerprint density at radius 3 is 2.38 bits per heavy atom. The predicted molar refractivity (Wildman–Crippen MR) is 44.2 cm³/mol. The normalized spacial score (nSPS) is 10.6. The number of methoxy groups -OCH3 is 1. The van der Waals surface area contributed by atoms with Crippen LogP contribution >= 0.6 is 0 Å². The summed E-state index contributed by atoms with van der Waals surface area (Å²) in [6.45, 7) is -5.32. The second kappa shape index (κ2) is 6.10. The summed E-state index contributed by atoms with van der Waals surface area (Å²) in [5.41, 5.74) is -1.96. The maximum absolute atomic E-state index is 13.0. The zero-order valence-electron chi connectivity index (χ0n) is 8.51. The van der Waals surface area contributed by atoms with Gasteiger partial charge in [-0.2, -0.15) is 0 Å². The van der Waals surface area contributed by atoms with E-state index in [9.17, 15) is 22.1 Å². The topological polar surface area (TPSA) is 39.2 Å². The van der Waals surface area contributed by atoms with Gasteiger partial charge in [0.05, 0.1) is 7.11 Å². The average molecular weight is 261 g/mol. The molecule has 0 fully saturated rings. The molecule has 0 spiro atoms. The van der Waals surface area contributed by atoms with Gasteiger partial charge in [0.1, 0.15) is 0 Å². The van der Waals surface area contributed by atoms with Gasteiger partial charge in [0, 0.05) is 6.20 Å². The largest absolute Gasteiger partial charge is 1.00 e. The van der Waals surface area contributed by atoms with Crippen molar-refractivity contribution in [3.05, 3.63) is 23.8 Å². The average Bonchev–Trinajstić information content (AvgIpc) is 2.15. The summed E-state index contributed by atoms with van der Waals surface area (Å²) in [6.07, 6.45) is 0.398. The van der Waals surface area contributed by atoms with Crippen LogP contribution in [0.4, 0.5) is 17.3 Å². The fourth-order valence-corrected chi connectivity index (χ4v) is 0.879. The van der Waals surface area contributed by atoms with Crippen LogP contribution in [0.3, 0.4) is 0 Å². The minimum Gasteiger partial charge on any atom is -0.464 e. The van der Waals surface area contributed by atoms with Crippen LogP contribution in [0.25, 0.3) is 0 Å². The Morgan fingerprint density at radius 2 is 2.00 bits per heavy atom. The summed E-state index contributed by atoms with van der Waals surface area (Å²) >= 11 is 0. The Morgan fingerprint density at radius 1 is 1.44 bits per heavy atom. The van der Waals surface area contributed by atoms with Gasteiger partial charge in [0.25, 0.3) is 0 Å². The number of halogens is 4. The molecule has 1 rings (SSSR count). The Bertz CT molecular complexity index is 398. The first-order valence-corrected chi connectivity index (χ1v) is 3.80. The Kier molecular flexibility index (Phi) is 6.12. The van der Waals surface area contributed by atoms with Crippen LogP contribution in [-0.2, 0) is 4.74 Å². The molecule has 0 radical (unpaired) electrons. The van der Waals surface area contributed by atoms with E-state index in [1.807, 2.05) is 0 Å². The number of nitrogens with zero attached hydrogens (tertiary/aromatic N) is 1. The molecule has 0 aliphatic rings. The number of carbonyl (C=O) groups is 1. The van der Waals surface area contributed by atoms with Crippen molar-refractivity contribution in [2.75, 3.05) is 7.11 Å². The minimum absolute atomic E-state index is 0. The van der Waals surface area contributed by atoms with Crippen molar-refractivity contribution in [2.45, 2.75) is 0 Å². The van der Waals surface area contributed by atoms with Gasteiger partial charge in [-0.25, -0.2) is 14.2 Å². The third kappa shape index (κ3) is 3.81. The first-order valence-electron chi connectivity index (χ1n) is 3.80. The molecule has 3 nitrogen and oxygen atoms in total. The van der Waals surface area contributed by atoms with Crippen LogP contribution in [0, 0.1) is 5.82 Å². The van der Waals surface area contributed by atoms with Crippen molar-refractivity contribution >= 4 is 18.4 Å². The smallest absolute Gasteiger partial charge is 0.464 e. The van der Waals surface area contributed by atoms with Crippen LogP contribution in [0.15, 0.2) is 12.3 Å². The molecular formula is C7H5BF4KNO2. The number of rotatable bonds is 2. The van der Waals surface area contributed by atoms with E-state index in [1.165, 1.54) is 0 Å². The fraction of sp³-hybridized carbons (Fsp3) is 0.143. The summed E-state index contributed by atoms with van der Waals surface area (Å²) in [7, 11) is 0.977. The van der Waals surface area contributed by atoms with Gasteiger partial charge in [0.2, 0.25) is 0 Å². The molecule has 1 aromatic rings. The molecule has 0 aliphatic heterocycles. The second-order valence-corrected chi connectivity index (χ2v) is 2.67. The maximum Gasteiger partial charge on any atom is 1.00 e. The van der Waals surface area contributed by atoms with Crippen molar-refractivity contribution in [3.63, 3.8) is 0 Å². The van der Waals surface area contributed by atoms with E-state index < -0.39 is 29.9 Å². The molecule has 16 heavy (non-hydrogen) atoms. The molecule has 9 heteroatoms. The zero-order chi connectivity index (χ0) is 11.6. The number of hydrogen-bond donors (Lipinski definition) is 0. The fourth-order valence-electron chi connectivity index (χ4n) is 0.879. The molecule has 0 atom stereocenters. The van der Waals surface area contributed by atoms with Gasteiger partial charge >= 0.3 is 64.3 Å². The molecule has 0 aliphatic carbocycles. The molecule has 0 saturated carbocycles. The third-order valence-electron chi connectivity index (χ3n) is 1.62. The first kappa shape index (κ1) is 16.0. The standard InChI is InChI=1S/C7H5BF4NO2.K/c1-15-7(14)6-5(9)2-4(3-13-6)8(10,11)12;/h2-3H,1H3;/q-1;+1. The summed E-state index contributed by atoms with van der Waals surface area (Å²) in [5, 5.41) is 0. The Hall–Kier alpha value is 0.0413. The van der Waals surface area contributed by atoms with E-state index in [0.717, 1.165) is 7.11 Å². The number of pyridine rings is 1. The monoisotopic (exact) mass is 261 g/mol. The van der Waals surface area contributed by atoms with Crippen LogP contribution in [0.5, 0.6) is 0 Å². The van der Waals surface area contributed by atoms with Gasteiger partial charge in [-0.05, 0) is 6.07 Å². The number of hydrogen-bond acceptors (Lipinski definition) is 3. The van der Waals surface area contributed by atoms with E-state index >= 15 is 0 Å². The van der Waals surface area contributed by atoms with E-state index in [1.54, 1.807) is 0 Å². The van der Waals surface area contributed by atoms with Crippen molar-refractivity contribution < 1.29 is 78.3 Å². The van der Waals surface area contributed by atoms with Gasteiger partial charge < -0.3 is 17.7 Å². The molecule has 0 aromatic carbocycles. The van der Waals surface area contributed by atoms with E-state index in [-0.39, 0.29) is 57.5 Å². The molecule has 1 heterocycles. The molecule has 0 saturated heterocycles. The van der Waals surface area contributed by atoms with Crippen LogP contribution in [0.2, 0.25) is 0 Å². The third-order valence-corrected chi connectivity index (χ3v) is 1.62. The van der Waals surface area contributed by atoms with Crippen LogP contribution in [-0.4, -0.2) is 25.0 Å². The minimum atomic E-state index is -5.32. The number of esters is 1. The molecule has 0 amide bonds. The predicted octanol–water partition coefficient (Wildman–Crippen LogP) is -1.93. The van der Waals surface area contributed by atoms with Crippen molar-refractivity contribution in [1.82, 2.24) is 4.98 Å². The molecule has 0 unspecified atom stereocenters. The van der Waals surface area contributed by atoms with Gasteiger partial charge in [0.15, 0.2) is 11.5 Å². The zero-order valence-corrected chi connectivity index (χ0v) is 11.6. The van der Waals surface area contributed by atoms with Crippen LogP contribution < -0.4 is 56.8 Å². The quantitative estimate of drug-likeness (QED) is 0.353. The number of aromatic nitrogens is 1. The molecule has 82 valence electrons. The van der Waals surface area contributed by atoms with Crippen LogP contribution in [0.1, 0.15) is 10.5 Å². The van der Waals surface area contributed by atoms with Gasteiger partial charge in [-0.3, -0.25) is 0 Å². The number of carbonyl (C=O) groups excluding carboxylic acids is 1. The molecule has 0 bridgehead atoms. The summed E-state index contributed by atoms with van der Waals surface area (Å²) in [6, 6.07) is 0.221. The molecular weight excluding hydrogens is 256 g/mol. The summed E-state index contributed by atoms with van der Waals surface area (Å²) < 4.78 is 53.5. The summed E-state index contributed by atoms with van der Waals surface area (Å²) in [4.78, 5) is 13.9. The maximum atomic E-state index is 13.0. The second-order valence-electron chi connectivity index (χ2n) is 2.67. The van der Waals surface area contributed by atoms with Crippen molar-refractivity contribution in [3.8, 4) is 0 Å². The van der Waals surface area contributed by atoms with Crippen molar-refractivity contribution in [2.24, 2.45) is 0 Å². The Labute approximate surface area is 131 Å². The Balaban J connectivity index is 0.00000225. The van der Waals surface area contributed by atoms with Gasteiger partial charge in [-0.15, -0.1) is 0 Å².